The lowest BCUT2D eigenvalue weighted by Gasteiger charge is -2.31. The Morgan fingerprint density at radius 2 is 1.56 bits per heavy atom. The smallest absolute Gasteiger partial charge is 0.0951 e. The van der Waals surface area contributed by atoms with Crippen molar-refractivity contribution >= 4 is 12.8 Å². The van der Waals surface area contributed by atoms with E-state index in [9.17, 15) is 0 Å². The van der Waals surface area contributed by atoms with Gasteiger partial charge in [-0.1, -0.05) is 12.8 Å². The second kappa shape index (κ2) is 6.24. The number of rotatable bonds is 5. The lowest BCUT2D eigenvalue weighted by Crippen LogP contribution is -2.38. The van der Waals surface area contributed by atoms with Gasteiger partial charge in [0, 0.05) is 6.54 Å². The molecule has 0 spiro atoms. The van der Waals surface area contributed by atoms with E-state index in [1.54, 1.807) is 0 Å². The molecule has 0 bridgehead atoms. The van der Waals surface area contributed by atoms with Crippen LogP contribution in [0.25, 0.3) is 0 Å². The first-order chi connectivity index (χ1) is 6.99. The largest absolute Gasteiger partial charge is 0.373 e. The van der Waals surface area contributed by atoms with Crippen LogP contribution in [0.5, 0.6) is 0 Å². The van der Waals surface area contributed by atoms with E-state index in [0.717, 1.165) is 6.54 Å². The molecule has 0 aliphatic heterocycles. The average Bonchev–Trinajstić information content (AvgIpc) is 1.94. The maximum absolute atomic E-state index is 5.93. The van der Waals surface area contributed by atoms with Crippen LogP contribution < -0.4 is 0 Å². The Labute approximate surface area is 106 Å². The molecule has 0 saturated carbocycles. The molecule has 0 aliphatic rings. The third kappa shape index (κ3) is 10.7. The minimum absolute atomic E-state index is 0.0433. The molecule has 1 unspecified atom stereocenters. The zero-order chi connectivity index (χ0) is 13.0. The summed E-state index contributed by atoms with van der Waals surface area (Å²) in [5.41, 5.74) is -0.287. The van der Waals surface area contributed by atoms with E-state index in [0.29, 0.717) is 6.61 Å². The maximum Gasteiger partial charge on any atom is 0.0951 e. The first kappa shape index (κ1) is 16.2. The van der Waals surface area contributed by atoms with Crippen molar-refractivity contribution in [3.8, 4) is 0 Å². The van der Waals surface area contributed by atoms with Crippen molar-refractivity contribution in [2.45, 2.75) is 58.8 Å². The van der Waals surface area contributed by atoms with Crippen LogP contribution in [0.3, 0.4) is 0 Å². The Morgan fingerprint density at radius 3 is 1.88 bits per heavy atom. The summed E-state index contributed by atoms with van der Waals surface area (Å²) in [6, 6.07) is 0. The number of nitrogens with zero attached hydrogens (tertiary/aromatic N) is 1. The van der Waals surface area contributed by atoms with Crippen LogP contribution in [-0.2, 0) is 9.47 Å². The van der Waals surface area contributed by atoms with E-state index >= 15 is 0 Å². The average molecular weight is 249 g/mol. The van der Waals surface area contributed by atoms with Gasteiger partial charge in [0.25, 0.3) is 0 Å². The minimum Gasteiger partial charge on any atom is -0.373 e. The molecular formula is C12H27NO2S. The van der Waals surface area contributed by atoms with Crippen LogP contribution in [0.1, 0.15) is 41.5 Å². The van der Waals surface area contributed by atoms with E-state index in [-0.39, 0.29) is 17.3 Å². The number of likely N-dealkylation sites (N-methyl/N-ethyl adjacent to an activating group) is 1. The topological polar surface area (TPSA) is 21.7 Å². The highest BCUT2D eigenvalue weighted by atomic mass is 32.1. The fraction of sp³-hybridized carbons (Fsp3) is 1.00. The first-order valence-electron chi connectivity index (χ1n) is 5.71. The molecule has 0 aromatic carbocycles. The van der Waals surface area contributed by atoms with Gasteiger partial charge in [0.1, 0.15) is 0 Å². The van der Waals surface area contributed by atoms with E-state index in [1.807, 2.05) is 32.1 Å². The molecule has 0 amide bonds. The highest BCUT2D eigenvalue weighted by molar-refractivity contribution is 7.77. The predicted molar refractivity (Wildman–Crippen MR) is 71.9 cm³/mol. The third-order valence-corrected chi connectivity index (χ3v) is 1.85. The van der Waals surface area contributed by atoms with Gasteiger partial charge in [0.15, 0.2) is 0 Å². The van der Waals surface area contributed by atoms with E-state index in [4.69, 9.17) is 9.47 Å². The Morgan fingerprint density at radius 1 is 1.06 bits per heavy atom. The normalized spacial score (nSPS) is 15.6. The van der Waals surface area contributed by atoms with Crippen LogP contribution in [0.4, 0.5) is 0 Å². The summed E-state index contributed by atoms with van der Waals surface area (Å²) < 4.78 is 13.5. The lowest BCUT2D eigenvalue weighted by molar-refractivity contribution is -0.121. The van der Waals surface area contributed by atoms with Gasteiger partial charge in [-0.2, -0.15) is 0 Å². The molecule has 4 heteroatoms. The number of hydrogen-bond acceptors (Lipinski definition) is 4. The molecule has 0 aromatic heterocycles. The number of thiol groups is 1. The van der Waals surface area contributed by atoms with Gasteiger partial charge in [-0.05, 0) is 48.6 Å². The molecule has 98 valence electrons. The third-order valence-electron chi connectivity index (χ3n) is 1.69. The molecule has 1 atom stereocenters. The van der Waals surface area contributed by atoms with Crippen molar-refractivity contribution in [3.05, 3.63) is 0 Å². The maximum atomic E-state index is 5.93. The van der Waals surface area contributed by atoms with E-state index < -0.39 is 0 Å². The van der Waals surface area contributed by atoms with Gasteiger partial charge >= 0.3 is 0 Å². The Hall–Kier alpha value is 0.230. The van der Waals surface area contributed by atoms with Gasteiger partial charge in [-0.15, -0.1) is 0 Å². The van der Waals surface area contributed by atoms with Gasteiger partial charge in [0.05, 0.1) is 23.9 Å². The molecule has 0 saturated heterocycles. The fourth-order valence-electron chi connectivity index (χ4n) is 1.26. The molecular weight excluding hydrogens is 222 g/mol. The zero-order valence-electron chi connectivity index (χ0n) is 11.7. The van der Waals surface area contributed by atoms with Crippen LogP contribution >= 0.6 is 12.8 Å². The molecule has 0 aromatic rings. The van der Waals surface area contributed by atoms with Crippen LogP contribution in [0, 0.1) is 0 Å². The van der Waals surface area contributed by atoms with Gasteiger partial charge < -0.3 is 9.47 Å². The van der Waals surface area contributed by atoms with Gasteiger partial charge in [-0.3, -0.25) is 4.31 Å². The predicted octanol–water partition coefficient (Wildman–Crippen LogP) is 2.76. The fourth-order valence-corrected chi connectivity index (χ4v) is 1.44. The van der Waals surface area contributed by atoms with E-state index in [2.05, 4.69) is 33.6 Å². The van der Waals surface area contributed by atoms with Crippen molar-refractivity contribution in [3.63, 3.8) is 0 Å². The van der Waals surface area contributed by atoms with E-state index in [1.165, 1.54) is 0 Å². The quantitative estimate of drug-likeness (QED) is 0.757. The Balaban J connectivity index is 4.22. The Kier molecular flexibility index (Phi) is 6.33. The lowest BCUT2D eigenvalue weighted by atomic mass is 10.1. The van der Waals surface area contributed by atoms with Gasteiger partial charge in [0.2, 0.25) is 0 Å². The summed E-state index contributed by atoms with van der Waals surface area (Å²) in [7, 11) is 1.92. The van der Waals surface area contributed by atoms with Crippen molar-refractivity contribution in [2.75, 3.05) is 20.2 Å². The highest BCUT2D eigenvalue weighted by Gasteiger charge is 2.22. The molecule has 16 heavy (non-hydrogen) atoms. The summed E-state index contributed by atoms with van der Waals surface area (Å²) in [6.07, 6.45) is 0.0433. The summed E-state index contributed by atoms with van der Waals surface area (Å²) in [5.74, 6) is 0. The monoisotopic (exact) mass is 249 g/mol. The minimum atomic E-state index is -0.157. The second-order valence-electron chi connectivity index (χ2n) is 6.12. The van der Waals surface area contributed by atoms with Gasteiger partial charge in [-0.25, -0.2) is 0 Å². The molecule has 0 N–H and O–H groups in total. The van der Waals surface area contributed by atoms with Crippen LogP contribution in [0.15, 0.2) is 0 Å². The number of hydrogen-bond donors (Lipinski definition) is 1. The summed E-state index contributed by atoms with van der Waals surface area (Å²) >= 11 is 4.25. The van der Waals surface area contributed by atoms with Crippen LogP contribution in [-0.4, -0.2) is 41.8 Å². The molecule has 0 aliphatic carbocycles. The van der Waals surface area contributed by atoms with Crippen molar-refractivity contribution < 1.29 is 9.47 Å². The molecule has 0 radical (unpaired) electrons. The summed E-state index contributed by atoms with van der Waals surface area (Å²) in [4.78, 5) is 0. The second-order valence-corrected chi connectivity index (χ2v) is 6.80. The standard InChI is InChI=1S/C12H27NO2S/c1-11(2,3)14-9-10(8-13(7)16)15-12(4,5)6/h10,16H,8-9H2,1-7H3. The first-order valence-corrected chi connectivity index (χ1v) is 6.11. The Bertz CT molecular complexity index is 194. The molecule has 0 rings (SSSR count). The summed E-state index contributed by atoms with van der Waals surface area (Å²) in [6.45, 7) is 13.6. The van der Waals surface area contributed by atoms with Crippen molar-refractivity contribution in [1.29, 1.82) is 0 Å². The highest BCUT2D eigenvalue weighted by Crippen LogP contribution is 2.15. The summed E-state index contributed by atoms with van der Waals surface area (Å²) in [5, 5.41) is 0. The molecule has 3 nitrogen and oxygen atoms in total. The molecule has 0 fully saturated rings. The van der Waals surface area contributed by atoms with Crippen molar-refractivity contribution in [1.82, 2.24) is 4.31 Å². The molecule has 0 heterocycles. The zero-order valence-corrected chi connectivity index (χ0v) is 12.6. The SMILES string of the molecule is CN(S)CC(COC(C)(C)C)OC(C)(C)C. The van der Waals surface area contributed by atoms with Crippen molar-refractivity contribution in [2.24, 2.45) is 0 Å². The van der Waals surface area contributed by atoms with Crippen LogP contribution in [0.2, 0.25) is 0 Å². The number of ether oxygens (including phenoxy) is 2.